The van der Waals surface area contributed by atoms with Gasteiger partial charge in [-0.05, 0) is 26.7 Å². The zero-order chi connectivity index (χ0) is 11.8. The maximum absolute atomic E-state index is 11.0. The van der Waals surface area contributed by atoms with Crippen molar-refractivity contribution < 1.29 is 9.84 Å². The Morgan fingerprint density at radius 1 is 1.19 bits per heavy atom. The highest BCUT2D eigenvalue weighted by Gasteiger charge is 2.53. The normalized spacial score (nSPS) is 43.5. The van der Waals surface area contributed by atoms with E-state index in [0.717, 1.165) is 25.7 Å². The van der Waals surface area contributed by atoms with Crippen molar-refractivity contribution in [1.82, 2.24) is 0 Å². The van der Waals surface area contributed by atoms with E-state index in [1.807, 2.05) is 0 Å². The maximum atomic E-state index is 11.0. The molecule has 1 heterocycles. The van der Waals surface area contributed by atoms with Crippen molar-refractivity contribution in [3.8, 4) is 0 Å². The quantitative estimate of drug-likeness (QED) is 0.756. The minimum atomic E-state index is -0.602. The monoisotopic (exact) mass is 227 g/mol. The van der Waals surface area contributed by atoms with Gasteiger partial charge in [0.15, 0.2) is 0 Å². The first-order chi connectivity index (χ1) is 7.51. The molecule has 2 atom stereocenters. The molecule has 0 aromatic rings. The molecule has 2 rings (SSSR count). The van der Waals surface area contributed by atoms with Gasteiger partial charge in [0.05, 0.1) is 17.8 Å². The number of rotatable bonds is 2. The van der Waals surface area contributed by atoms with E-state index in [4.69, 9.17) is 10.5 Å². The molecule has 0 aromatic heterocycles. The third kappa shape index (κ3) is 1.89. The molecule has 2 aliphatic rings. The lowest BCUT2D eigenvalue weighted by Crippen LogP contribution is -2.57. The minimum absolute atomic E-state index is 0.0424. The van der Waals surface area contributed by atoms with E-state index in [1.54, 1.807) is 0 Å². The highest BCUT2D eigenvalue weighted by Crippen LogP contribution is 2.51. The van der Waals surface area contributed by atoms with Crippen LogP contribution < -0.4 is 5.73 Å². The van der Waals surface area contributed by atoms with E-state index in [-0.39, 0.29) is 17.6 Å². The molecule has 0 aromatic carbocycles. The van der Waals surface area contributed by atoms with Crippen LogP contribution in [-0.4, -0.2) is 29.5 Å². The molecule has 1 aliphatic carbocycles. The molecule has 3 N–H and O–H groups in total. The van der Waals surface area contributed by atoms with Gasteiger partial charge in [-0.15, -0.1) is 0 Å². The molecule has 0 bridgehead atoms. The van der Waals surface area contributed by atoms with Crippen LogP contribution in [0.2, 0.25) is 0 Å². The van der Waals surface area contributed by atoms with Crippen LogP contribution in [0.25, 0.3) is 0 Å². The SMILES string of the molecule is CC1CC(O)(C2(CN)CCCC2)CC(C)O1. The molecule has 1 saturated heterocycles. The molecule has 3 nitrogen and oxygen atoms in total. The Kier molecular flexibility index (Phi) is 3.30. The molecule has 1 saturated carbocycles. The van der Waals surface area contributed by atoms with Gasteiger partial charge in [0.2, 0.25) is 0 Å². The van der Waals surface area contributed by atoms with Crippen molar-refractivity contribution >= 4 is 0 Å². The molecule has 3 heteroatoms. The zero-order valence-corrected chi connectivity index (χ0v) is 10.5. The van der Waals surface area contributed by atoms with Gasteiger partial charge < -0.3 is 15.6 Å². The Morgan fingerprint density at radius 3 is 2.12 bits per heavy atom. The lowest BCUT2D eigenvalue weighted by Gasteiger charge is -2.50. The molecule has 16 heavy (non-hydrogen) atoms. The van der Waals surface area contributed by atoms with Crippen molar-refractivity contribution in [2.45, 2.75) is 70.2 Å². The van der Waals surface area contributed by atoms with Crippen molar-refractivity contribution in [3.05, 3.63) is 0 Å². The van der Waals surface area contributed by atoms with Crippen molar-refractivity contribution in [2.24, 2.45) is 11.1 Å². The molecule has 0 amide bonds. The van der Waals surface area contributed by atoms with Gasteiger partial charge in [0.25, 0.3) is 0 Å². The lowest BCUT2D eigenvalue weighted by atomic mass is 9.64. The average Bonchev–Trinajstić information content (AvgIpc) is 2.64. The molecular weight excluding hydrogens is 202 g/mol. The summed E-state index contributed by atoms with van der Waals surface area (Å²) in [4.78, 5) is 0. The van der Waals surface area contributed by atoms with Crippen LogP contribution in [0.15, 0.2) is 0 Å². The zero-order valence-electron chi connectivity index (χ0n) is 10.5. The van der Waals surface area contributed by atoms with Gasteiger partial charge in [0, 0.05) is 24.8 Å². The van der Waals surface area contributed by atoms with Gasteiger partial charge in [-0.3, -0.25) is 0 Å². The Labute approximate surface area is 98.4 Å². The maximum Gasteiger partial charge on any atom is 0.0764 e. The van der Waals surface area contributed by atoms with Crippen molar-refractivity contribution in [2.75, 3.05) is 6.54 Å². The summed E-state index contributed by atoms with van der Waals surface area (Å²) >= 11 is 0. The van der Waals surface area contributed by atoms with Crippen molar-refractivity contribution in [1.29, 1.82) is 0 Å². The Bertz CT molecular complexity index is 238. The Balaban J connectivity index is 2.21. The Hall–Kier alpha value is -0.120. The summed E-state index contributed by atoms with van der Waals surface area (Å²) in [6.45, 7) is 4.72. The summed E-state index contributed by atoms with van der Waals surface area (Å²) in [6.07, 6.45) is 6.38. The summed E-state index contributed by atoms with van der Waals surface area (Å²) in [5.74, 6) is 0. The predicted molar refractivity (Wildman–Crippen MR) is 64.1 cm³/mol. The Morgan fingerprint density at radius 2 is 1.69 bits per heavy atom. The molecule has 1 aliphatic heterocycles. The summed E-state index contributed by atoms with van der Waals surface area (Å²) in [6, 6.07) is 0. The molecule has 94 valence electrons. The first kappa shape index (κ1) is 12.3. The second-order valence-corrected chi connectivity index (χ2v) is 5.89. The topological polar surface area (TPSA) is 55.5 Å². The number of hydrogen-bond donors (Lipinski definition) is 2. The predicted octanol–water partition coefficient (Wildman–Crippen LogP) is 1.82. The smallest absolute Gasteiger partial charge is 0.0764 e. The van der Waals surface area contributed by atoms with E-state index >= 15 is 0 Å². The molecule has 0 spiro atoms. The van der Waals surface area contributed by atoms with Crippen LogP contribution in [0.3, 0.4) is 0 Å². The summed E-state index contributed by atoms with van der Waals surface area (Å²) in [5.41, 5.74) is 5.33. The second kappa shape index (κ2) is 4.28. The lowest BCUT2D eigenvalue weighted by molar-refractivity contribution is -0.183. The van der Waals surface area contributed by atoms with Crippen LogP contribution in [0.5, 0.6) is 0 Å². The van der Waals surface area contributed by atoms with Crippen LogP contribution in [0, 0.1) is 5.41 Å². The fourth-order valence-electron chi connectivity index (χ4n) is 3.87. The third-order valence-electron chi connectivity index (χ3n) is 4.65. The number of aliphatic hydroxyl groups is 1. The van der Waals surface area contributed by atoms with E-state index < -0.39 is 5.60 Å². The van der Waals surface area contributed by atoms with Gasteiger partial charge in [0.1, 0.15) is 0 Å². The first-order valence-electron chi connectivity index (χ1n) is 6.59. The van der Waals surface area contributed by atoms with Crippen LogP contribution in [0.4, 0.5) is 0 Å². The molecule has 2 unspecified atom stereocenters. The molecular formula is C13H25NO2. The summed E-state index contributed by atoms with van der Waals surface area (Å²) < 4.78 is 5.73. The van der Waals surface area contributed by atoms with Gasteiger partial charge in [-0.25, -0.2) is 0 Å². The molecule has 2 fully saturated rings. The standard InChI is InChI=1S/C13H25NO2/c1-10-7-13(15,8-11(2)16-10)12(9-14)5-3-4-6-12/h10-11,15H,3-9,14H2,1-2H3. The van der Waals surface area contributed by atoms with Gasteiger partial charge in [-0.1, -0.05) is 12.8 Å². The fraction of sp³-hybridized carbons (Fsp3) is 1.00. The largest absolute Gasteiger partial charge is 0.389 e. The highest BCUT2D eigenvalue weighted by atomic mass is 16.5. The fourth-order valence-corrected chi connectivity index (χ4v) is 3.87. The minimum Gasteiger partial charge on any atom is -0.389 e. The summed E-state index contributed by atoms with van der Waals surface area (Å²) in [5, 5.41) is 11.0. The number of ether oxygens (including phenoxy) is 1. The van der Waals surface area contributed by atoms with Gasteiger partial charge >= 0.3 is 0 Å². The first-order valence-corrected chi connectivity index (χ1v) is 6.59. The van der Waals surface area contributed by atoms with Crippen LogP contribution in [-0.2, 0) is 4.74 Å². The summed E-state index contributed by atoms with van der Waals surface area (Å²) in [7, 11) is 0. The van der Waals surface area contributed by atoms with E-state index in [9.17, 15) is 5.11 Å². The van der Waals surface area contributed by atoms with E-state index in [0.29, 0.717) is 6.54 Å². The second-order valence-electron chi connectivity index (χ2n) is 5.89. The average molecular weight is 227 g/mol. The number of hydrogen-bond acceptors (Lipinski definition) is 3. The molecule has 0 radical (unpaired) electrons. The third-order valence-corrected chi connectivity index (χ3v) is 4.65. The van der Waals surface area contributed by atoms with Gasteiger partial charge in [-0.2, -0.15) is 0 Å². The highest BCUT2D eigenvalue weighted by molar-refractivity contribution is 5.05. The van der Waals surface area contributed by atoms with Crippen molar-refractivity contribution in [3.63, 3.8) is 0 Å². The number of nitrogens with two attached hydrogens (primary N) is 1. The van der Waals surface area contributed by atoms with Crippen LogP contribution in [0.1, 0.15) is 52.4 Å². The van der Waals surface area contributed by atoms with Crippen LogP contribution >= 0.6 is 0 Å². The van der Waals surface area contributed by atoms with E-state index in [1.165, 1.54) is 12.8 Å². The van der Waals surface area contributed by atoms with E-state index in [2.05, 4.69) is 13.8 Å².